The molecular formula is C17H17N3O2. The van der Waals surface area contributed by atoms with Gasteiger partial charge >= 0.3 is 0 Å². The van der Waals surface area contributed by atoms with Crippen molar-refractivity contribution in [3.05, 3.63) is 47.3 Å². The van der Waals surface area contributed by atoms with Crippen molar-refractivity contribution in [1.82, 2.24) is 4.98 Å². The average Bonchev–Trinajstić information content (AvgIpc) is 2.76. The van der Waals surface area contributed by atoms with E-state index in [1.807, 2.05) is 31.2 Å². The van der Waals surface area contributed by atoms with Gasteiger partial charge in [0.15, 0.2) is 0 Å². The lowest BCUT2D eigenvalue weighted by molar-refractivity contribution is 0.330. The van der Waals surface area contributed by atoms with Crippen LogP contribution < -0.4 is 14.4 Å². The number of fused-ring (bicyclic) bond motifs is 1. The third-order valence-electron chi connectivity index (χ3n) is 3.73. The minimum Gasteiger partial charge on any atom is -0.497 e. The monoisotopic (exact) mass is 295 g/mol. The van der Waals surface area contributed by atoms with Crippen molar-refractivity contribution in [1.29, 1.82) is 5.26 Å². The maximum absolute atomic E-state index is 9.32. The van der Waals surface area contributed by atoms with E-state index in [1.54, 1.807) is 13.3 Å². The lowest BCUT2D eigenvalue weighted by atomic mass is 10.1. The van der Waals surface area contributed by atoms with Gasteiger partial charge in [-0.05, 0) is 31.2 Å². The number of rotatable bonds is 2. The zero-order valence-corrected chi connectivity index (χ0v) is 12.7. The van der Waals surface area contributed by atoms with Gasteiger partial charge in [0.05, 0.1) is 24.9 Å². The number of ether oxygens (including phenoxy) is 2. The molecule has 0 bridgehead atoms. The van der Waals surface area contributed by atoms with Crippen molar-refractivity contribution in [2.45, 2.75) is 13.5 Å². The van der Waals surface area contributed by atoms with Crippen LogP contribution in [0.1, 0.15) is 16.8 Å². The molecule has 112 valence electrons. The normalized spacial score (nSPS) is 13.6. The number of hydrogen-bond acceptors (Lipinski definition) is 5. The summed E-state index contributed by atoms with van der Waals surface area (Å²) < 4.78 is 11.1. The maximum Gasteiger partial charge on any atom is 0.124 e. The highest BCUT2D eigenvalue weighted by Gasteiger charge is 2.19. The zero-order chi connectivity index (χ0) is 15.5. The summed E-state index contributed by atoms with van der Waals surface area (Å²) in [5.41, 5.74) is 3.42. The predicted octanol–water partition coefficient (Wildman–Crippen LogP) is 2.67. The molecule has 5 nitrogen and oxygen atoms in total. The molecular weight excluding hydrogens is 278 g/mol. The van der Waals surface area contributed by atoms with E-state index in [-0.39, 0.29) is 0 Å². The number of hydrogen-bond donors (Lipinski definition) is 0. The van der Waals surface area contributed by atoms with E-state index in [2.05, 4.69) is 16.0 Å². The molecule has 0 aliphatic carbocycles. The summed E-state index contributed by atoms with van der Waals surface area (Å²) >= 11 is 0. The highest BCUT2D eigenvalue weighted by Crippen LogP contribution is 2.30. The van der Waals surface area contributed by atoms with Crippen molar-refractivity contribution < 1.29 is 9.47 Å². The molecule has 0 saturated carbocycles. The van der Waals surface area contributed by atoms with Crippen LogP contribution in [-0.2, 0) is 6.54 Å². The van der Waals surface area contributed by atoms with Gasteiger partial charge in [-0.3, -0.25) is 4.98 Å². The molecule has 0 N–H and O–H groups in total. The fraction of sp³-hybridized carbons (Fsp3) is 0.294. The van der Waals surface area contributed by atoms with E-state index < -0.39 is 0 Å². The largest absolute Gasteiger partial charge is 0.497 e. The summed E-state index contributed by atoms with van der Waals surface area (Å²) in [6.07, 6.45) is 1.63. The van der Waals surface area contributed by atoms with Gasteiger partial charge in [0.25, 0.3) is 0 Å². The van der Waals surface area contributed by atoms with E-state index in [0.717, 1.165) is 35.0 Å². The zero-order valence-electron chi connectivity index (χ0n) is 12.7. The van der Waals surface area contributed by atoms with E-state index in [9.17, 15) is 5.26 Å². The van der Waals surface area contributed by atoms with Gasteiger partial charge in [0.1, 0.15) is 24.2 Å². The van der Waals surface area contributed by atoms with Crippen LogP contribution in [-0.4, -0.2) is 25.2 Å². The molecule has 5 heteroatoms. The molecule has 0 saturated heterocycles. The summed E-state index contributed by atoms with van der Waals surface area (Å²) in [5, 5.41) is 9.32. The first-order valence-corrected chi connectivity index (χ1v) is 7.12. The first kappa shape index (κ1) is 14.2. The molecule has 0 radical (unpaired) electrons. The van der Waals surface area contributed by atoms with Gasteiger partial charge < -0.3 is 14.4 Å². The molecule has 3 rings (SSSR count). The molecule has 0 fully saturated rings. The summed E-state index contributed by atoms with van der Waals surface area (Å²) in [6.45, 7) is 3.89. The first-order valence-electron chi connectivity index (χ1n) is 7.12. The SMILES string of the molecule is COc1ccc2c(c1)CN(c1cc(C)ncc1C#N)CCO2. The summed E-state index contributed by atoms with van der Waals surface area (Å²) in [4.78, 5) is 6.35. The van der Waals surface area contributed by atoms with Gasteiger partial charge in [0, 0.05) is 24.0 Å². The van der Waals surface area contributed by atoms with E-state index >= 15 is 0 Å². The van der Waals surface area contributed by atoms with Crippen molar-refractivity contribution >= 4 is 5.69 Å². The Morgan fingerprint density at radius 3 is 3.00 bits per heavy atom. The molecule has 22 heavy (non-hydrogen) atoms. The number of nitriles is 1. The van der Waals surface area contributed by atoms with Crippen LogP contribution in [0.2, 0.25) is 0 Å². The van der Waals surface area contributed by atoms with Gasteiger partial charge in [0.2, 0.25) is 0 Å². The Morgan fingerprint density at radius 2 is 2.23 bits per heavy atom. The molecule has 0 spiro atoms. The van der Waals surface area contributed by atoms with Gasteiger partial charge in [-0.15, -0.1) is 0 Å². The number of nitrogens with zero attached hydrogens (tertiary/aromatic N) is 3. The Hall–Kier alpha value is -2.74. The van der Waals surface area contributed by atoms with Gasteiger partial charge in [-0.1, -0.05) is 0 Å². The average molecular weight is 295 g/mol. The Kier molecular flexibility index (Phi) is 3.84. The second-order valence-electron chi connectivity index (χ2n) is 5.20. The van der Waals surface area contributed by atoms with Crippen molar-refractivity contribution in [2.75, 3.05) is 25.2 Å². The van der Waals surface area contributed by atoms with E-state index in [0.29, 0.717) is 18.7 Å². The molecule has 1 aliphatic heterocycles. The number of aromatic nitrogens is 1. The van der Waals surface area contributed by atoms with Crippen LogP contribution in [0.5, 0.6) is 11.5 Å². The third-order valence-corrected chi connectivity index (χ3v) is 3.73. The third kappa shape index (κ3) is 2.68. The Labute approximate surface area is 129 Å². The van der Waals surface area contributed by atoms with Crippen molar-refractivity contribution in [2.24, 2.45) is 0 Å². The van der Waals surface area contributed by atoms with Gasteiger partial charge in [-0.25, -0.2) is 0 Å². The molecule has 0 unspecified atom stereocenters. The van der Waals surface area contributed by atoms with Crippen LogP contribution in [0.15, 0.2) is 30.5 Å². The fourth-order valence-corrected chi connectivity index (χ4v) is 2.60. The summed E-state index contributed by atoms with van der Waals surface area (Å²) in [6, 6.07) is 9.97. The highest BCUT2D eigenvalue weighted by molar-refractivity contribution is 5.60. The number of benzene rings is 1. The smallest absolute Gasteiger partial charge is 0.124 e. The number of anilines is 1. The molecule has 1 aliphatic rings. The quantitative estimate of drug-likeness (QED) is 0.852. The first-order chi connectivity index (χ1) is 10.7. The fourth-order valence-electron chi connectivity index (χ4n) is 2.60. The molecule has 0 amide bonds. The minimum absolute atomic E-state index is 0.575. The highest BCUT2D eigenvalue weighted by atomic mass is 16.5. The van der Waals surface area contributed by atoms with Crippen molar-refractivity contribution in [3.63, 3.8) is 0 Å². The lowest BCUT2D eigenvalue weighted by Crippen LogP contribution is -2.26. The molecule has 0 atom stereocenters. The Balaban J connectivity index is 1.99. The second-order valence-corrected chi connectivity index (χ2v) is 5.20. The Morgan fingerprint density at radius 1 is 1.36 bits per heavy atom. The van der Waals surface area contributed by atoms with Crippen LogP contribution >= 0.6 is 0 Å². The van der Waals surface area contributed by atoms with Crippen LogP contribution in [0, 0.1) is 18.3 Å². The molecule has 2 aromatic rings. The van der Waals surface area contributed by atoms with Gasteiger partial charge in [-0.2, -0.15) is 5.26 Å². The standard InChI is InChI=1S/C17H17N3O2/c1-12-7-16(14(9-18)10-19-12)20-5-6-22-17-4-3-15(21-2)8-13(17)11-20/h3-4,7-8,10H,5-6,11H2,1-2H3. The molecule has 1 aromatic heterocycles. The molecule has 2 heterocycles. The maximum atomic E-state index is 9.32. The Bertz CT molecular complexity index is 737. The van der Waals surface area contributed by atoms with E-state index in [1.165, 1.54) is 0 Å². The van der Waals surface area contributed by atoms with Crippen LogP contribution in [0.4, 0.5) is 5.69 Å². The predicted molar refractivity (Wildman–Crippen MR) is 83.2 cm³/mol. The second kappa shape index (κ2) is 5.94. The summed E-state index contributed by atoms with van der Waals surface area (Å²) in [7, 11) is 1.65. The number of pyridine rings is 1. The summed E-state index contributed by atoms with van der Waals surface area (Å²) in [5.74, 6) is 1.67. The van der Waals surface area contributed by atoms with Crippen LogP contribution in [0.3, 0.4) is 0 Å². The number of methoxy groups -OCH3 is 1. The van der Waals surface area contributed by atoms with E-state index in [4.69, 9.17) is 9.47 Å². The number of aryl methyl sites for hydroxylation is 1. The minimum atomic E-state index is 0.575. The topological polar surface area (TPSA) is 58.4 Å². The van der Waals surface area contributed by atoms with Crippen molar-refractivity contribution in [3.8, 4) is 17.6 Å². The van der Waals surface area contributed by atoms with Crippen LogP contribution in [0.25, 0.3) is 0 Å². The lowest BCUT2D eigenvalue weighted by Gasteiger charge is -2.23. The molecule has 1 aromatic carbocycles.